The number of rotatable bonds is 3. The summed E-state index contributed by atoms with van der Waals surface area (Å²) in [6.07, 6.45) is 3.79. The Morgan fingerprint density at radius 2 is 1.88 bits per heavy atom. The minimum atomic E-state index is -0.345. The number of nitrogens with zero attached hydrogens (tertiary/aromatic N) is 2. The monoisotopic (exact) mass is 442 g/mol. The van der Waals surface area contributed by atoms with Crippen LogP contribution in [-0.4, -0.2) is 30.8 Å². The Hall–Kier alpha value is -3.88. The van der Waals surface area contributed by atoms with Crippen molar-refractivity contribution in [1.82, 2.24) is 4.98 Å². The molecule has 0 N–H and O–H groups in total. The maximum absolute atomic E-state index is 13.2. The van der Waals surface area contributed by atoms with Crippen molar-refractivity contribution in [2.24, 2.45) is 0 Å². The molecule has 2 aromatic carbocycles. The summed E-state index contributed by atoms with van der Waals surface area (Å²) in [7, 11) is 3.23. The smallest absolute Gasteiger partial charge is 0.262 e. The van der Waals surface area contributed by atoms with E-state index in [-0.39, 0.29) is 17.3 Å². The SMILES string of the molecule is COc1cc(CC#Cc2ccc3c(c2)C(=O)C(=Cc2ccc(Cl)cc2)C(=O)N3C)ccn1. The number of methoxy groups -OCH3 is 1. The molecule has 1 aromatic heterocycles. The van der Waals surface area contributed by atoms with E-state index >= 15 is 0 Å². The lowest BCUT2D eigenvalue weighted by Crippen LogP contribution is -2.36. The highest BCUT2D eigenvalue weighted by Crippen LogP contribution is 2.31. The number of hydrogen-bond acceptors (Lipinski definition) is 4. The van der Waals surface area contributed by atoms with Crippen molar-refractivity contribution in [3.63, 3.8) is 0 Å². The average Bonchev–Trinajstić information content (AvgIpc) is 2.81. The topological polar surface area (TPSA) is 59.5 Å². The summed E-state index contributed by atoms with van der Waals surface area (Å²) in [4.78, 5) is 31.5. The maximum atomic E-state index is 13.2. The zero-order chi connectivity index (χ0) is 22.7. The number of fused-ring (bicyclic) bond motifs is 1. The van der Waals surface area contributed by atoms with Gasteiger partial charge in [0.1, 0.15) is 0 Å². The van der Waals surface area contributed by atoms with Gasteiger partial charge in [-0.3, -0.25) is 9.59 Å². The normalized spacial score (nSPS) is 14.1. The van der Waals surface area contributed by atoms with Gasteiger partial charge in [0.15, 0.2) is 0 Å². The van der Waals surface area contributed by atoms with E-state index in [2.05, 4.69) is 16.8 Å². The van der Waals surface area contributed by atoms with Gasteiger partial charge in [-0.15, -0.1) is 0 Å². The first-order valence-corrected chi connectivity index (χ1v) is 10.3. The van der Waals surface area contributed by atoms with Crippen LogP contribution in [0.1, 0.15) is 27.0 Å². The second-order valence-electron chi connectivity index (χ2n) is 7.22. The molecule has 6 heteroatoms. The fourth-order valence-electron chi connectivity index (χ4n) is 3.39. The first-order valence-electron chi connectivity index (χ1n) is 9.88. The Bertz CT molecular complexity index is 1300. The number of hydrogen-bond donors (Lipinski definition) is 0. The minimum absolute atomic E-state index is 0.108. The number of benzene rings is 2. The van der Waals surface area contributed by atoms with Crippen molar-refractivity contribution in [3.8, 4) is 17.7 Å². The zero-order valence-corrected chi connectivity index (χ0v) is 18.3. The van der Waals surface area contributed by atoms with Gasteiger partial charge in [-0.05, 0) is 53.6 Å². The first-order chi connectivity index (χ1) is 15.5. The number of carbonyl (C=O) groups is 2. The molecule has 0 saturated heterocycles. The van der Waals surface area contributed by atoms with Gasteiger partial charge in [-0.1, -0.05) is 35.6 Å². The summed E-state index contributed by atoms with van der Waals surface area (Å²) in [5, 5.41) is 0.587. The molecule has 0 unspecified atom stereocenters. The lowest BCUT2D eigenvalue weighted by molar-refractivity contribution is -0.114. The van der Waals surface area contributed by atoms with Crippen LogP contribution in [0, 0.1) is 11.8 Å². The van der Waals surface area contributed by atoms with Crippen molar-refractivity contribution in [1.29, 1.82) is 0 Å². The molecule has 0 bridgehead atoms. The summed E-state index contributed by atoms with van der Waals surface area (Å²) in [6.45, 7) is 0. The van der Waals surface area contributed by atoms with E-state index in [1.807, 2.05) is 18.2 Å². The predicted molar refractivity (Wildman–Crippen MR) is 125 cm³/mol. The number of Topliss-reactive ketones (excluding diaryl/α,β-unsaturated/α-hetero) is 1. The van der Waals surface area contributed by atoms with Crippen LogP contribution in [0.3, 0.4) is 0 Å². The molecule has 0 saturated carbocycles. The molecule has 1 amide bonds. The largest absolute Gasteiger partial charge is 0.481 e. The Morgan fingerprint density at radius 1 is 1.09 bits per heavy atom. The highest BCUT2D eigenvalue weighted by Gasteiger charge is 2.32. The number of ketones is 1. The predicted octanol–water partition coefficient (Wildman–Crippen LogP) is 4.58. The van der Waals surface area contributed by atoms with Crippen LogP contribution in [-0.2, 0) is 11.2 Å². The second-order valence-corrected chi connectivity index (χ2v) is 7.66. The van der Waals surface area contributed by atoms with E-state index in [0.717, 1.165) is 11.1 Å². The molecule has 0 fully saturated rings. The van der Waals surface area contributed by atoms with Crippen LogP contribution >= 0.6 is 11.6 Å². The molecule has 1 aliphatic rings. The average molecular weight is 443 g/mol. The molecule has 0 spiro atoms. The van der Waals surface area contributed by atoms with E-state index < -0.39 is 0 Å². The summed E-state index contributed by atoms with van der Waals surface area (Å²) in [5.74, 6) is 6.09. The van der Waals surface area contributed by atoms with Crippen molar-refractivity contribution in [3.05, 3.63) is 93.6 Å². The van der Waals surface area contributed by atoms with Gasteiger partial charge in [0.05, 0.1) is 18.4 Å². The standard InChI is InChI=1S/C26H19ClN2O3/c1-29-23-11-8-17(4-3-5-18-12-13-28-24(16-18)32-2)14-21(23)25(30)22(26(29)31)15-19-6-9-20(27)10-7-19/h6-16H,5H2,1-2H3. The summed E-state index contributed by atoms with van der Waals surface area (Å²) in [6, 6.07) is 16.0. The van der Waals surface area contributed by atoms with E-state index in [1.54, 1.807) is 62.8 Å². The van der Waals surface area contributed by atoms with Crippen molar-refractivity contribution in [2.75, 3.05) is 19.1 Å². The zero-order valence-electron chi connectivity index (χ0n) is 17.6. The highest BCUT2D eigenvalue weighted by molar-refractivity contribution is 6.36. The van der Waals surface area contributed by atoms with Gasteiger partial charge >= 0.3 is 0 Å². The van der Waals surface area contributed by atoms with E-state index in [0.29, 0.717) is 34.1 Å². The van der Waals surface area contributed by atoms with Crippen LogP contribution in [0.15, 0.2) is 66.4 Å². The molecular weight excluding hydrogens is 424 g/mol. The number of ether oxygens (including phenoxy) is 1. The van der Waals surface area contributed by atoms with Gasteiger partial charge in [-0.25, -0.2) is 4.98 Å². The molecule has 0 radical (unpaired) electrons. The van der Waals surface area contributed by atoms with E-state index in [4.69, 9.17) is 16.3 Å². The molecule has 3 aromatic rings. The molecule has 1 aliphatic heterocycles. The summed E-state index contributed by atoms with van der Waals surface area (Å²) < 4.78 is 5.13. The van der Waals surface area contributed by atoms with Crippen LogP contribution in [0.5, 0.6) is 5.88 Å². The Morgan fingerprint density at radius 3 is 2.62 bits per heavy atom. The lowest BCUT2D eigenvalue weighted by Gasteiger charge is -2.26. The third-order valence-corrected chi connectivity index (χ3v) is 5.35. The van der Waals surface area contributed by atoms with Gasteiger partial charge in [0.2, 0.25) is 11.7 Å². The summed E-state index contributed by atoms with van der Waals surface area (Å²) in [5.41, 5.74) is 3.54. The molecule has 4 rings (SSSR count). The fraction of sp³-hybridized carbons (Fsp3) is 0.115. The minimum Gasteiger partial charge on any atom is -0.481 e. The van der Waals surface area contributed by atoms with Gasteiger partial charge in [0, 0.05) is 41.9 Å². The number of aromatic nitrogens is 1. The molecule has 2 heterocycles. The second kappa shape index (κ2) is 9.09. The number of pyridine rings is 1. The molecule has 0 aliphatic carbocycles. The quantitative estimate of drug-likeness (QED) is 0.338. The van der Waals surface area contributed by atoms with Crippen molar-refractivity contribution < 1.29 is 14.3 Å². The Kier molecular flexibility index (Phi) is 6.07. The van der Waals surface area contributed by atoms with E-state index in [9.17, 15) is 9.59 Å². The van der Waals surface area contributed by atoms with Crippen LogP contribution in [0.4, 0.5) is 5.69 Å². The van der Waals surface area contributed by atoms with Crippen molar-refractivity contribution >= 4 is 35.1 Å². The number of halogens is 1. The van der Waals surface area contributed by atoms with Crippen LogP contribution in [0.25, 0.3) is 6.08 Å². The molecule has 32 heavy (non-hydrogen) atoms. The van der Waals surface area contributed by atoms with Gasteiger partial charge in [0.25, 0.3) is 5.91 Å². The molecular formula is C26H19ClN2O3. The fourth-order valence-corrected chi connectivity index (χ4v) is 3.52. The number of carbonyl (C=O) groups excluding carboxylic acids is 2. The Labute approximate surface area is 191 Å². The Balaban J connectivity index is 1.63. The number of likely N-dealkylation sites (N-methyl/N-ethyl adjacent to an activating group) is 1. The van der Waals surface area contributed by atoms with Crippen molar-refractivity contribution in [2.45, 2.75) is 6.42 Å². The third kappa shape index (κ3) is 4.41. The van der Waals surface area contributed by atoms with Gasteiger partial charge in [-0.2, -0.15) is 0 Å². The molecule has 0 atom stereocenters. The summed E-state index contributed by atoms with van der Waals surface area (Å²) >= 11 is 5.93. The lowest BCUT2D eigenvalue weighted by atomic mass is 9.92. The van der Waals surface area contributed by atoms with Crippen LogP contribution < -0.4 is 9.64 Å². The first kappa shape index (κ1) is 21.4. The maximum Gasteiger partial charge on any atom is 0.262 e. The number of anilines is 1. The number of amides is 1. The van der Waals surface area contributed by atoms with Gasteiger partial charge < -0.3 is 9.64 Å². The third-order valence-electron chi connectivity index (χ3n) is 5.10. The highest BCUT2D eigenvalue weighted by atomic mass is 35.5. The molecule has 158 valence electrons. The van der Waals surface area contributed by atoms with Crippen LogP contribution in [0.2, 0.25) is 5.02 Å². The molecule has 5 nitrogen and oxygen atoms in total. The van der Waals surface area contributed by atoms with E-state index in [1.165, 1.54) is 4.90 Å².